The van der Waals surface area contributed by atoms with Crippen LogP contribution in [0.4, 0.5) is 13.2 Å². The van der Waals surface area contributed by atoms with E-state index in [-0.39, 0.29) is 12.3 Å². The maximum absolute atomic E-state index is 13.0. The number of carbonyl (C=O) groups is 3. The van der Waals surface area contributed by atoms with Crippen molar-refractivity contribution in [2.45, 2.75) is 32.0 Å². The molecule has 0 aliphatic carbocycles. The summed E-state index contributed by atoms with van der Waals surface area (Å²) in [5, 5.41) is 9.02. The standard InChI is InChI=1S/C14H19F3N2O4S/c1-2-3-11(20)19-7-24-6-10(19)12(21)18-4-8(13(22)23)9(5-18)14(15,16)17/h8-10H,2-7H2,1H3,(H,22,23)/t8-,9-,10?/m1/s1. The molecule has 2 saturated heterocycles. The Morgan fingerprint density at radius 1 is 1.25 bits per heavy atom. The zero-order valence-corrected chi connectivity index (χ0v) is 13.9. The molecule has 2 rings (SSSR count). The number of alkyl halides is 3. The Bertz CT molecular complexity index is 529. The van der Waals surface area contributed by atoms with Gasteiger partial charge < -0.3 is 14.9 Å². The largest absolute Gasteiger partial charge is 0.481 e. The molecule has 24 heavy (non-hydrogen) atoms. The molecule has 2 aliphatic rings. The van der Waals surface area contributed by atoms with Crippen LogP contribution in [0.1, 0.15) is 19.8 Å². The topological polar surface area (TPSA) is 77.9 Å². The first-order valence-corrected chi connectivity index (χ1v) is 8.77. The molecule has 0 spiro atoms. The Kier molecular flexibility index (Phi) is 5.67. The molecular weight excluding hydrogens is 349 g/mol. The van der Waals surface area contributed by atoms with Crippen LogP contribution in [0.3, 0.4) is 0 Å². The lowest BCUT2D eigenvalue weighted by Crippen LogP contribution is -2.48. The van der Waals surface area contributed by atoms with Crippen molar-refractivity contribution in [1.29, 1.82) is 0 Å². The average Bonchev–Trinajstić information content (AvgIpc) is 3.13. The van der Waals surface area contributed by atoms with Crippen molar-refractivity contribution < 1.29 is 32.7 Å². The van der Waals surface area contributed by atoms with Crippen LogP contribution in [0, 0.1) is 11.8 Å². The van der Waals surface area contributed by atoms with Crippen molar-refractivity contribution >= 4 is 29.5 Å². The van der Waals surface area contributed by atoms with Gasteiger partial charge in [0.25, 0.3) is 0 Å². The van der Waals surface area contributed by atoms with E-state index in [0.29, 0.717) is 18.1 Å². The highest BCUT2D eigenvalue weighted by molar-refractivity contribution is 7.99. The van der Waals surface area contributed by atoms with Crippen molar-refractivity contribution in [3.05, 3.63) is 0 Å². The second kappa shape index (κ2) is 7.20. The highest BCUT2D eigenvalue weighted by Crippen LogP contribution is 2.38. The van der Waals surface area contributed by atoms with Crippen molar-refractivity contribution in [2.75, 3.05) is 24.7 Å². The minimum atomic E-state index is -4.68. The quantitative estimate of drug-likeness (QED) is 0.812. The molecule has 2 aliphatic heterocycles. The number of hydrogen-bond acceptors (Lipinski definition) is 4. The summed E-state index contributed by atoms with van der Waals surface area (Å²) in [6.07, 6.45) is -3.80. The minimum Gasteiger partial charge on any atom is -0.481 e. The zero-order valence-electron chi connectivity index (χ0n) is 13.1. The summed E-state index contributed by atoms with van der Waals surface area (Å²) in [7, 11) is 0. The molecule has 2 heterocycles. The fourth-order valence-electron chi connectivity index (χ4n) is 3.03. The van der Waals surface area contributed by atoms with Gasteiger partial charge in [-0.2, -0.15) is 13.2 Å². The first-order valence-electron chi connectivity index (χ1n) is 7.62. The van der Waals surface area contributed by atoms with Gasteiger partial charge in [0.15, 0.2) is 0 Å². The molecule has 2 amide bonds. The van der Waals surface area contributed by atoms with Gasteiger partial charge in [-0.25, -0.2) is 0 Å². The lowest BCUT2D eigenvalue weighted by Gasteiger charge is -2.27. The number of halogens is 3. The van der Waals surface area contributed by atoms with E-state index in [1.807, 2.05) is 6.92 Å². The molecule has 0 aromatic rings. The van der Waals surface area contributed by atoms with E-state index in [0.717, 1.165) is 4.90 Å². The zero-order chi connectivity index (χ0) is 18.1. The lowest BCUT2D eigenvalue weighted by molar-refractivity contribution is -0.188. The molecule has 2 fully saturated rings. The Hall–Kier alpha value is -1.45. The molecule has 1 N–H and O–H groups in total. The molecule has 136 valence electrons. The van der Waals surface area contributed by atoms with Gasteiger partial charge in [-0.3, -0.25) is 14.4 Å². The number of hydrogen-bond donors (Lipinski definition) is 1. The Morgan fingerprint density at radius 3 is 2.42 bits per heavy atom. The number of thioether (sulfide) groups is 1. The molecule has 0 aromatic heterocycles. The number of likely N-dealkylation sites (tertiary alicyclic amines) is 1. The third-order valence-corrected chi connectivity index (χ3v) is 5.33. The van der Waals surface area contributed by atoms with E-state index in [9.17, 15) is 27.6 Å². The summed E-state index contributed by atoms with van der Waals surface area (Å²) in [6, 6.07) is -0.810. The molecule has 3 atom stereocenters. The molecule has 0 radical (unpaired) electrons. The van der Waals surface area contributed by atoms with Crippen molar-refractivity contribution in [2.24, 2.45) is 11.8 Å². The van der Waals surface area contributed by atoms with Crippen LogP contribution in [0.15, 0.2) is 0 Å². The number of carbonyl (C=O) groups excluding carboxylic acids is 2. The maximum Gasteiger partial charge on any atom is 0.394 e. The molecule has 0 aromatic carbocycles. The summed E-state index contributed by atoms with van der Waals surface area (Å²) in [5.41, 5.74) is 0. The Balaban J connectivity index is 2.12. The molecule has 6 nitrogen and oxygen atoms in total. The third-order valence-electron chi connectivity index (χ3n) is 4.32. The Labute approximate surface area is 141 Å². The van der Waals surface area contributed by atoms with Crippen LogP contribution in [-0.2, 0) is 14.4 Å². The maximum atomic E-state index is 13.0. The summed E-state index contributed by atoms with van der Waals surface area (Å²) in [5.74, 6) is -5.46. The van der Waals surface area contributed by atoms with Gasteiger partial charge in [0.1, 0.15) is 6.04 Å². The van der Waals surface area contributed by atoms with Crippen molar-refractivity contribution in [1.82, 2.24) is 9.80 Å². The van der Waals surface area contributed by atoms with E-state index in [4.69, 9.17) is 5.11 Å². The lowest BCUT2D eigenvalue weighted by atomic mass is 9.96. The number of nitrogens with zero attached hydrogens (tertiary/aromatic N) is 2. The fraction of sp³-hybridized carbons (Fsp3) is 0.786. The van der Waals surface area contributed by atoms with E-state index < -0.39 is 49.0 Å². The van der Waals surface area contributed by atoms with Gasteiger partial charge >= 0.3 is 12.1 Å². The van der Waals surface area contributed by atoms with Gasteiger partial charge in [0, 0.05) is 25.3 Å². The summed E-state index contributed by atoms with van der Waals surface area (Å²) in [6.45, 7) is 0.676. The molecule has 10 heteroatoms. The van der Waals surface area contributed by atoms with Crippen LogP contribution in [0.25, 0.3) is 0 Å². The van der Waals surface area contributed by atoms with Gasteiger partial charge in [-0.1, -0.05) is 6.92 Å². The van der Waals surface area contributed by atoms with Crippen LogP contribution in [0.2, 0.25) is 0 Å². The monoisotopic (exact) mass is 368 g/mol. The van der Waals surface area contributed by atoms with Crippen LogP contribution < -0.4 is 0 Å². The van der Waals surface area contributed by atoms with Gasteiger partial charge in [0.05, 0.1) is 17.7 Å². The molecular formula is C14H19F3N2O4S. The number of carboxylic acids is 1. The van der Waals surface area contributed by atoms with Crippen molar-refractivity contribution in [3.8, 4) is 0 Å². The van der Waals surface area contributed by atoms with E-state index in [1.54, 1.807) is 0 Å². The SMILES string of the molecule is CCCC(=O)N1CSCC1C(=O)N1C[C@@H](C(F)(F)F)[C@H](C(=O)O)C1. The second-order valence-corrected chi connectivity index (χ2v) is 6.97. The molecule has 0 bridgehead atoms. The predicted octanol–water partition coefficient (Wildman–Crippen LogP) is 1.41. The van der Waals surface area contributed by atoms with Crippen molar-refractivity contribution in [3.63, 3.8) is 0 Å². The van der Waals surface area contributed by atoms with E-state index in [2.05, 4.69) is 0 Å². The first kappa shape index (κ1) is 18.9. The summed E-state index contributed by atoms with van der Waals surface area (Å²) >= 11 is 1.36. The fourth-order valence-corrected chi connectivity index (χ4v) is 4.20. The van der Waals surface area contributed by atoms with Crippen LogP contribution in [-0.4, -0.2) is 69.6 Å². The summed E-state index contributed by atoms with van der Waals surface area (Å²) < 4.78 is 39.1. The number of amides is 2. The third kappa shape index (κ3) is 3.79. The number of rotatable bonds is 4. The minimum absolute atomic E-state index is 0.206. The Morgan fingerprint density at radius 2 is 1.92 bits per heavy atom. The van der Waals surface area contributed by atoms with Gasteiger partial charge in [-0.05, 0) is 6.42 Å². The highest BCUT2D eigenvalue weighted by atomic mass is 32.2. The van der Waals surface area contributed by atoms with Gasteiger partial charge in [0.2, 0.25) is 11.8 Å². The van der Waals surface area contributed by atoms with Crippen LogP contribution >= 0.6 is 11.8 Å². The number of carboxylic acid groups (broad SMARTS) is 1. The molecule has 0 saturated carbocycles. The van der Waals surface area contributed by atoms with Gasteiger partial charge in [-0.15, -0.1) is 11.8 Å². The average molecular weight is 368 g/mol. The molecule has 1 unspecified atom stereocenters. The first-order chi connectivity index (χ1) is 11.2. The second-order valence-electron chi connectivity index (χ2n) is 5.97. The van der Waals surface area contributed by atoms with E-state index in [1.165, 1.54) is 16.7 Å². The predicted molar refractivity (Wildman–Crippen MR) is 80.1 cm³/mol. The van der Waals surface area contributed by atoms with E-state index >= 15 is 0 Å². The normalized spacial score (nSPS) is 27.6. The smallest absolute Gasteiger partial charge is 0.394 e. The van der Waals surface area contributed by atoms with Crippen LogP contribution in [0.5, 0.6) is 0 Å². The number of aliphatic carboxylic acids is 1. The summed E-state index contributed by atoms with van der Waals surface area (Å²) in [4.78, 5) is 38.0. The highest BCUT2D eigenvalue weighted by Gasteiger charge is 2.54.